The SMILES string of the molecule is NCC12CC(CNC(=O)OCc3ccccc3)(C1)C2. The van der Waals surface area contributed by atoms with E-state index in [-0.39, 0.29) is 6.09 Å². The minimum absolute atomic E-state index is 0.324. The summed E-state index contributed by atoms with van der Waals surface area (Å²) < 4.78 is 5.19. The summed E-state index contributed by atoms with van der Waals surface area (Å²) in [5, 5.41) is 2.87. The Morgan fingerprint density at radius 3 is 2.53 bits per heavy atom. The number of hydrogen-bond acceptors (Lipinski definition) is 3. The third-order valence-electron chi connectivity index (χ3n) is 4.50. The molecule has 0 aromatic heterocycles. The van der Waals surface area contributed by atoms with Gasteiger partial charge in [0.25, 0.3) is 0 Å². The lowest BCUT2D eigenvalue weighted by molar-refractivity contribution is -0.191. The molecule has 0 aliphatic heterocycles. The molecule has 0 spiro atoms. The Balaban J connectivity index is 1.37. The largest absolute Gasteiger partial charge is 0.445 e. The van der Waals surface area contributed by atoms with Crippen molar-refractivity contribution in [3.8, 4) is 0 Å². The van der Waals surface area contributed by atoms with Crippen molar-refractivity contribution in [2.45, 2.75) is 25.9 Å². The molecule has 0 unspecified atom stereocenters. The number of nitrogens with one attached hydrogen (secondary N) is 1. The molecule has 4 rings (SSSR count). The van der Waals surface area contributed by atoms with Gasteiger partial charge in [0.2, 0.25) is 0 Å². The maximum absolute atomic E-state index is 11.6. The van der Waals surface area contributed by atoms with Crippen molar-refractivity contribution in [1.29, 1.82) is 0 Å². The molecule has 102 valence electrons. The van der Waals surface area contributed by atoms with Crippen LogP contribution < -0.4 is 11.1 Å². The summed E-state index contributed by atoms with van der Waals surface area (Å²) in [6.45, 7) is 1.84. The zero-order valence-corrected chi connectivity index (χ0v) is 11.0. The Labute approximate surface area is 113 Å². The van der Waals surface area contributed by atoms with Crippen molar-refractivity contribution in [1.82, 2.24) is 5.32 Å². The second-order valence-corrected chi connectivity index (χ2v) is 6.15. The standard InChI is InChI=1S/C15H20N2O2/c16-10-14-7-15(8-14,9-14)11-17-13(18)19-6-12-4-2-1-3-5-12/h1-5H,6-11,16H2,(H,17,18). The van der Waals surface area contributed by atoms with Crippen LogP contribution in [0.15, 0.2) is 30.3 Å². The van der Waals surface area contributed by atoms with Crippen LogP contribution in [0.25, 0.3) is 0 Å². The minimum Gasteiger partial charge on any atom is -0.445 e. The average Bonchev–Trinajstić information content (AvgIpc) is 2.35. The predicted molar refractivity (Wildman–Crippen MR) is 72.4 cm³/mol. The Hall–Kier alpha value is -1.55. The van der Waals surface area contributed by atoms with Crippen molar-refractivity contribution < 1.29 is 9.53 Å². The van der Waals surface area contributed by atoms with Gasteiger partial charge in [-0.15, -0.1) is 0 Å². The smallest absolute Gasteiger partial charge is 0.407 e. The van der Waals surface area contributed by atoms with E-state index in [0.717, 1.165) is 37.9 Å². The van der Waals surface area contributed by atoms with Gasteiger partial charge in [0, 0.05) is 6.54 Å². The molecule has 3 aliphatic rings. The fourth-order valence-corrected chi connectivity index (χ4v) is 3.67. The van der Waals surface area contributed by atoms with Crippen LogP contribution in [0.1, 0.15) is 24.8 Å². The lowest BCUT2D eigenvalue weighted by atomic mass is 9.35. The number of alkyl carbamates (subject to hydrolysis) is 1. The quantitative estimate of drug-likeness (QED) is 0.851. The first-order chi connectivity index (χ1) is 9.15. The third-order valence-corrected chi connectivity index (χ3v) is 4.50. The van der Waals surface area contributed by atoms with Crippen LogP contribution in [0.4, 0.5) is 4.79 Å². The van der Waals surface area contributed by atoms with E-state index in [1.54, 1.807) is 0 Å². The van der Waals surface area contributed by atoms with Crippen molar-refractivity contribution in [2.75, 3.05) is 13.1 Å². The first-order valence-corrected chi connectivity index (χ1v) is 6.80. The van der Waals surface area contributed by atoms with Gasteiger partial charge in [0.1, 0.15) is 6.61 Å². The topological polar surface area (TPSA) is 64.3 Å². The summed E-state index contributed by atoms with van der Waals surface area (Å²) in [4.78, 5) is 11.6. The van der Waals surface area contributed by atoms with Gasteiger partial charge in [0.05, 0.1) is 0 Å². The van der Waals surface area contributed by atoms with Crippen LogP contribution in [0.2, 0.25) is 0 Å². The van der Waals surface area contributed by atoms with E-state index in [4.69, 9.17) is 10.5 Å². The lowest BCUT2D eigenvalue weighted by Crippen LogP contribution is -2.68. The van der Waals surface area contributed by atoms with E-state index in [0.29, 0.717) is 17.4 Å². The molecule has 4 heteroatoms. The monoisotopic (exact) mass is 260 g/mol. The Morgan fingerprint density at radius 2 is 1.89 bits per heavy atom. The Bertz CT molecular complexity index is 453. The van der Waals surface area contributed by atoms with Crippen molar-refractivity contribution >= 4 is 6.09 Å². The second kappa shape index (κ2) is 4.53. The maximum atomic E-state index is 11.6. The van der Waals surface area contributed by atoms with E-state index >= 15 is 0 Å². The molecule has 2 bridgehead atoms. The summed E-state index contributed by atoms with van der Waals surface area (Å²) in [5.74, 6) is 0. The van der Waals surface area contributed by atoms with Gasteiger partial charge in [-0.1, -0.05) is 30.3 Å². The highest BCUT2D eigenvalue weighted by Crippen LogP contribution is 2.72. The number of carbonyl (C=O) groups excluding carboxylic acids is 1. The summed E-state index contributed by atoms with van der Waals surface area (Å²) in [6, 6.07) is 9.70. The molecule has 0 heterocycles. The van der Waals surface area contributed by atoms with Crippen LogP contribution in [0, 0.1) is 10.8 Å². The highest BCUT2D eigenvalue weighted by atomic mass is 16.5. The number of amides is 1. The highest BCUT2D eigenvalue weighted by Gasteiger charge is 2.66. The van der Waals surface area contributed by atoms with Gasteiger partial charge in [-0.25, -0.2) is 4.79 Å². The molecule has 1 aromatic rings. The van der Waals surface area contributed by atoms with Crippen LogP contribution in [-0.2, 0) is 11.3 Å². The van der Waals surface area contributed by atoms with E-state index < -0.39 is 0 Å². The van der Waals surface area contributed by atoms with Crippen LogP contribution in [0.3, 0.4) is 0 Å². The van der Waals surface area contributed by atoms with E-state index in [1.807, 2.05) is 30.3 Å². The predicted octanol–water partition coefficient (Wildman–Crippen LogP) is 2.04. The number of benzene rings is 1. The van der Waals surface area contributed by atoms with Crippen LogP contribution in [0.5, 0.6) is 0 Å². The molecule has 3 aliphatic carbocycles. The fraction of sp³-hybridized carbons (Fsp3) is 0.533. The molecule has 0 atom stereocenters. The molecule has 3 N–H and O–H groups in total. The molecular formula is C15H20N2O2. The number of hydrogen-bond donors (Lipinski definition) is 2. The maximum Gasteiger partial charge on any atom is 0.407 e. The summed E-state index contributed by atoms with van der Waals surface area (Å²) in [7, 11) is 0. The minimum atomic E-state index is -0.324. The third kappa shape index (κ3) is 2.32. The molecule has 3 saturated carbocycles. The van der Waals surface area contributed by atoms with E-state index in [1.165, 1.54) is 0 Å². The van der Waals surface area contributed by atoms with E-state index in [2.05, 4.69) is 5.32 Å². The van der Waals surface area contributed by atoms with Gasteiger partial charge in [-0.3, -0.25) is 0 Å². The molecule has 19 heavy (non-hydrogen) atoms. The molecule has 0 saturated heterocycles. The molecule has 3 fully saturated rings. The summed E-state index contributed by atoms with van der Waals surface area (Å²) in [5.41, 5.74) is 7.46. The van der Waals surface area contributed by atoms with Gasteiger partial charge in [-0.05, 0) is 42.2 Å². The number of ether oxygens (including phenoxy) is 1. The Kier molecular flexibility index (Phi) is 2.97. The first kappa shape index (κ1) is 12.5. The second-order valence-electron chi connectivity index (χ2n) is 6.15. The fourth-order valence-electron chi connectivity index (χ4n) is 3.67. The first-order valence-electron chi connectivity index (χ1n) is 6.80. The summed E-state index contributed by atoms with van der Waals surface area (Å²) >= 11 is 0. The highest BCUT2D eigenvalue weighted by molar-refractivity contribution is 5.67. The zero-order valence-electron chi connectivity index (χ0n) is 11.0. The molecular weight excluding hydrogens is 240 g/mol. The average molecular weight is 260 g/mol. The van der Waals surface area contributed by atoms with Gasteiger partial charge in [0.15, 0.2) is 0 Å². The van der Waals surface area contributed by atoms with Crippen molar-refractivity contribution in [2.24, 2.45) is 16.6 Å². The van der Waals surface area contributed by atoms with Gasteiger partial charge in [-0.2, -0.15) is 0 Å². The number of nitrogens with two attached hydrogens (primary N) is 1. The van der Waals surface area contributed by atoms with Gasteiger partial charge >= 0.3 is 6.09 Å². The van der Waals surface area contributed by atoms with Crippen molar-refractivity contribution in [3.63, 3.8) is 0 Å². The molecule has 4 nitrogen and oxygen atoms in total. The number of rotatable bonds is 5. The van der Waals surface area contributed by atoms with Crippen LogP contribution in [-0.4, -0.2) is 19.2 Å². The lowest BCUT2D eigenvalue weighted by Gasteiger charge is -2.70. The van der Waals surface area contributed by atoms with E-state index in [9.17, 15) is 4.79 Å². The van der Waals surface area contributed by atoms with Crippen LogP contribution >= 0.6 is 0 Å². The molecule has 1 aromatic carbocycles. The van der Waals surface area contributed by atoms with Crippen molar-refractivity contribution in [3.05, 3.63) is 35.9 Å². The molecule has 1 amide bonds. The normalized spacial score (nSPS) is 31.0. The zero-order chi connectivity index (χ0) is 13.3. The summed E-state index contributed by atoms with van der Waals surface area (Å²) in [6.07, 6.45) is 3.16. The Morgan fingerprint density at radius 1 is 1.21 bits per heavy atom. The molecule has 0 radical (unpaired) electrons. The van der Waals surface area contributed by atoms with Gasteiger partial charge < -0.3 is 15.8 Å². The number of carbonyl (C=O) groups is 1.